The van der Waals surface area contributed by atoms with Crippen molar-refractivity contribution in [2.45, 2.75) is 32.7 Å². The van der Waals surface area contributed by atoms with E-state index in [1.165, 1.54) is 11.3 Å². The smallest absolute Gasteiger partial charge is 0.328 e. The van der Waals surface area contributed by atoms with Crippen LogP contribution in [-0.2, 0) is 25.5 Å². The molecule has 1 atom stereocenters. The molecular weight excluding hydrogens is 280 g/mol. The molecule has 112 valence electrons. The van der Waals surface area contributed by atoms with E-state index in [1.807, 2.05) is 12.3 Å². The number of amides is 1. The maximum absolute atomic E-state index is 11.9. The normalized spacial score (nSPS) is 11.9. The highest BCUT2D eigenvalue weighted by Crippen LogP contribution is 2.08. The van der Waals surface area contributed by atoms with Gasteiger partial charge in [-0.15, -0.1) is 11.3 Å². The molecule has 1 amide bonds. The van der Waals surface area contributed by atoms with Gasteiger partial charge in [0.25, 0.3) is 0 Å². The topological polar surface area (TPSA) is 77.5 Å². The fourth-order valence-electron chi connectivity index (χ4n) is 1.63. The average Bonchev–Trinajstić information content (AvgIpc) is 2.80. The summed E-state index contributed by atoms with van der Waals surface area (Å²) in [6, 6.07) is -0.679. The van der Waals surface area contributed by atoms with Gasteiger partial charge in [-0.3, -0.25) is 4.79 Å². The van der Waals surface area contributed by atoms with Crippen LogP contribution >= 0.6 is 11.3 Å². The first-order valence-corrected chi connectivity index (χ1v) is 7.30. The first-order chi connectivity index (χ1) is 9.56. The summed E-state index contributed by atoms with van der Waals surface area (Å²) in [5, 5.41) is 5.41. The highest BCUT2D eigenvalue weighted by Gasteiger charge is 2.22. The Bertz CT molecular complexity index is 447. The van der Waals surface area contributed by atoms with Crippen LogP contribution in [0.4, 0.5) is 0 Å². The van der Waals surface area contributed by atoms with Gasteiger partial charge in [0.2, 0.25) is 5.91 Å². The number of aryl methyl sites for hydroxylation is 1. The molecule has 0 aliphatic carbocycles. The monoisotopic (exact) mass is 300 g/mol. The Morgan fingerprint density at radius 3 is 2.80 bits per heavy atom. The fraction of sp³-hybridized carbons (Fsp3) is 0.615. The number of hydrogen-bond donors (Lipinski definition) is 1. The molecule has 0 saturated carbocycles. The highest BCUT2D eigenvalue weighted by atomic mass is 32.1. The maximum atomic E-state index is 11.9. The number of esters is 1. The van der Waals surface area contributed by atoms with Crippen LogP contribution in [0.25, 0.3) is 0 Å². The van der Waals surface area contributed by atoms with E-state index in [1.54, 1.807) is 14.0 Å². The Morgan fingerprint density at radius 2 is 2.25 bits per heavy atom. The summed E-state index contributed by atoms with van der Waals surface area (Å²) in [4.78, 5) is 27.9. The van der Waals surface area contributed by atoms with Crippen molar-refractivity contribution < 1.29 is 19.1 Å². The van der Waals surface area contributed by atoms with E-state index in [0.717, 1.165) is 5.01 Å². The Labute approximate surface area is 122 Å². The van der Waals surface area contributed by atoms with Crippen molar-refractivity contribution in [1.82, 2.24) is 10.3 Å². The Hall–Kier alpha value is -1.47. The minimum Gasteiger partial charge on any atom is -0.464 e. The summed E-state index contributed by atoms with van der Waals surface area (Å²) < 4.78 is 9.87. The molecule has 0 fully saturated rings. The van der Waals surface area contributed by atoms with Gasteiger partial charge < -0.3 is 14.8 Å². The Morgan fingerprint density at radius 1 is 1.50 bits per heavy atom. The van der Waals surface area contributed by atoms with Gasteiger partial charge in [-0.05, 0) is 13.8 Å². The Kier molecular flexibility index (Phi) is 7.17. The third kappa shape index (κ3) is 5.66. The Balaban J connectivity index is 2.54. The summed E-state index contributed by atoms with van der Waals surface area (Å²) >= 11 is 1.49. The lowest BCUT2D eigenvalue weighted by Crippen LogP contribution is -2.43. The number of hydrogen-bond acceptors (Lipinski definition) is 6. The zero-order chi connectivity index (χ0) is 15.0. The lowest BCUT2D eigenvalue weighted by Gasteiger charge is -2.16. The van der Waals surface area contributed by atoms with Crippen molar-refractivity contribution in [3.05, 3.63) is 16.1 Å². The third-order valence-corrected chi connectivity index (χ3v) is 3.35. The molecule has 0 aliphatic rings. The van der Waals surface area contributed by atoms with Crippen molar-refractivity contribution in [3.63, 3.8) is 0 Å². The minimum atomic E-state index is -0.679. The van der Waals surface area contributed by atoms with E-state index in [0.29, 0.717) is 18.7 Å². The number of carbonyl (C=O) groups is 2. The van der Waals surface area contributed by atoms with Crippen LogP contribution in [-0.4, -0.2) is 43.2 Å². The molecule has 1 unspecified atom stereocenters. The molecule has 1 aromatic rings. The maximum Gasteiger partial charge on any atom is 0.328 e. The molecule has 1 heterocycles. The molecule has 6 nitrogen and oxygen atoms in total. The van der Waals surface area contributed by atoms with Crippen LogP contribution in [0.3, 0.4) is 0 Å². The van der Waals surface area contributed by atoms with Gasteiger partial charge in [0, 0.05) is 25.5 Å². The van der Waals surface area contributed by atoms with E-state index < -0.39 is 12.0 Å². The van der Waals surface area contributed by atoms with Crippen LogP contribution in [0.15, 0.2) is 5.38 Å². The van der Waals surface area contributed by atoms with Gasteiger partial charge in [-0.2, -0.15) is 0 Å². The number of nitrogens with zero attached hydrogens (tertiary/aromatic N) is 1. The molecule has 0 bridgehead atoms. The van der Waals surface area contributed by atoms with E-state index in [-0.39, 0.29) is 18.9 Å². The summed E-state index contributed by atoms with van der Waals surface area (Å²) in [7, 11) is 1.54. The molecule has 7 heteroatoms. The molecule has 0 aliphatic heterocycles. The van der Waals surface area contributed by atoms with Crippen LogP contribution in [0.2, 0.25) is 0 Å². The number of nitrogens with one attached hydrogen (secondary N) is 1. The number of carbonyl (C=O) groups excluding carboxylic acids is 2. The second-order valence-corrected chi connectivity index (χ2v) is 5.25. The molecule has 0 radical (unpaired) electrons. The molecule has 20 heavy (non-hydrogen) atoms. The molecule has 1 rings (SSSR count). The van der Waals surface area contributed by atoms with Crippen LogP contribution < -0.4 is 5.32 Å². The van der Waals surface area contributed by atoms with Gasteiger partial charge in [0.15, 0.2) is 0 Å². The number of aromatic nitrogens is 1. The predicted molar refractivity (Wildman–Crippen MR) is 75.6 cm³/mol. The van der Waals surface area contributed by atoms with Gasteiger partial charge in [0.05, 0.1) is 23.7 Å². The molecule has 1 N–H and O–H groups in total. The van der Waals surface area contributed by atoms with Crippen LogP contribution in [0.5, 0.6) is 0 Å². The molecule has 0 spiro atoms. The first-order valence-electron chi connectivity index (χ1n) is 6.42. The zero-order valence-corrected chi connectivity index (χ0v) is 12.8. The van der Waals surface area contributed by atoms with E-state index >= 15 is 0 Å². The van der Waals surface area contributed by atoms with Gasteiger partial charge in [-0.1, -0.05) is 0 Å². The zero-order valence-electron chi connectivity index (χ0n) is 12.0. The molecular formula is C13H20N2O4S. The van der Waals surface area contributed by atoms with E-state index in [2.05, 4.69) is 10.3 Å². The lowest BCUT2D eigenvalue weighted by atomic mass is 10.2. The number of rotatable bonds is 8. The number of methoxy groups -OCH3 is 1. The van der Waals surface area contributed by atoms with Crippen molar-refractivity contribution in [2.24, 2.45) is 0 Å². The average molecular weight is 300 g/mol. The summed E-state index contributed by atoms with van der Waals surface area (Å²) in [6.45, 7) is 4.26. The summed E-state index contributed by atoms with van der Waals surface area (Å²) in [6.07, 6.45) is 0.546. The van der Waals surface area contributed by atoms with Gasteiger partial charge in [-0.25, -0.2) is 9.78 Å². The largest absolute Gasteiger partial charge is 0.464 e. The third-order valence-electron chi connectivity index (χ3n) is 2.53. The molecule has 1 aromatic heterocycles. The summed E-state index contributed by atoms with van der Waals surface area (Å²) in [5.74, 6) is -0.684. The van der Waals surface area contributed by atoms with Gasteiger partial charge in [0.1, 0.15) is 6.04 Å². The van der Waals surface area contributed by atoms with Crippen LogP contribution in [0.1, 0.15) is 24.0 Å². The van der Waals surface area contributed by atoms with Crippen molar-refractivity contribution in [3.8, 4) is 0 Å². The predicted octanol–water partition coefficient (Wildman–Crippen LogP) is 1.08. The second kappa shape index (κ2) is 8.65. The van der Waals surface area contributed by atoms with E-state index in [4.69, 9.17) is 9.47 Å². The van der Waals surface area contributed by atoms with Crippen molar-refractivity contribution >= 4 is 23.2 Å². The van der Waals surface area contributed by atoms with Crippen molar-refractivity contribution in [1.29, 1.82) is 0 Å². The lowest BCUT2D eigenvalue weighted by molar-refractivity contribution is -0.147. The van der Waals surface area contributed by atoms with Crippen molar-refractivity contribution in [2.75, 3.05) is 20.3 Å². The number of ether oxygens (including phenoxy) is 2. The molecule has 0 aromatic carbocycles. The summed E-state index contributed by atoms with van der Waals surface area (Å²) in [5.41, 5.74) is 0.708. The first kappa shape index (κ1) is 16.6. The number of thiazole rings is 1. The highest BCUT2D eigenvalue weighted by molar-refractivity contribution is 7.09. The van der Waals surface area contributed by atoms with Gasteiger partial charge >= 0.3 is 5.97 Å². The molecule has 0 saturated heterocycles. The minimum absolute atomic E-state index is 0.160. The SMILES string of the molecule is CCOC(=O)C(CCOC)NC(=O)Cc1csc(C)n1. The van der Waals surface area contributed by atoms with Crippen LogP contribution in [0, 0.1) is 6.92 Å². The fourth-order valence-corrected chi connectivity index (χ4v) is 2.24. The second-order valence-electron chi connectivity index (χ2n) is 4.19. The van der Waals surface area contributed by atoms with E-state index in [9.17, 15) is 9.59 Å². The quantitative estimate of drug-likeness (QED) is 0.727. The standard InChI is InChI=1S/C13H20N2O4S/c1-4-19-13(17)11(5-6-18-3)15-12(16)7-10-8-20-9(2)14-10/h8,11H,4-7H2,1-3H3,(H,15,16).